The Labute approximate surface area is 119 Å². The molecule has 0 amide bonds. The molecular weight excluding hydrogens is 236 g/mol. The molecule has 0 N–H and O–H groups in total. The molecule has 1 saturated carbocycles. The van der Waals surface area contributed by atoms with Crippen molar-refractivity contribution in [1.82, 2.24) is 0 Å². The van der Waals surface area contributed by atoms with Gasteiger partial charge in [-0.15, -0.1) is 0 Å². The maximum atomic E-state index is 11.1. The van der Waals surface area contributed by atoms with Gasteiger partial charge in [-0.3, -0.25) is 4.79 Å². The molecule has 0 saturated heterocycles. The fourth-order valence-corrected chi connectivity index (χ4v) is 2.75. The number of rotatable bonds is 11. The Hall–Kier alpha value is -0.370. The lowest BCUT2D eigenvalue weighted by molar-refractivity contribution is -0.121. The van der Waals surface area contributed by atoms with Gasteiger partial charge in [0.2, 0.25) is 0 Å². The molecule has 19 heavy (non-hydrogen) atoms. The van der Waals surface area contributed by atoms with Crippen molar-refractivity contribution in [1.29, 1.82) is 0 Å². The van der Waals surface area contributed by atoms with Gasteiger partial charge in [0.1, 0.15) is 5.78 Å². The van der Waals surface area contributed by atoms with Crippen LogP contribution in [0.3, 0.4) is 0 Å². The third kappa shape index (κ3) is 9.21. The van der Waals surface area contributed by atoms with Crippen LogP contribution < -0.4 is 0 Å². The molecule has 112 valence electrons. The Morgan fingerprint density at radius 1 is 0.947 bits per heavy atom. The average Bonchev–Trinajstić information content (AvgIpc) is 2.43. The number of ether oxygens (including phenoxy) is 1. The monoisotopic (exact) mass is 268 g/mol. The third-order valence-electron chi connectivity index (χ3n) is 4.16. The summed E-state index contributed by atoms with van der Waals surface area (Å²) in [6.07, 6.45) is 14.5. The van der Waals surface area contributed by atoms with Gasteiger partial charge in [0.05, 0.1) is 0 Å². The normalized spacial score (nSPS) is 17.0. The lowest BCUT2D eigenvalue weighted by Gasteiger charge is -2.20. The van der Waals surface area contributed by atoms with Crippen molar-refractivity contribution in [2.24, 2.45) is 5.92 Å². The predicted molar refractivity (Wildman–Crippen MR) is 80.4 cm³/mol. The van der Waals surface area contributed by atoms with Crippen molar-refractivity contribution < 1.29 is 9.53 Å². The standard InChI is InChI=1S/C17H32O2/c1-2-3-4-5-6-7-8-9-14-19-15-16-10-12-17(18)13-11-16/h16H,2-15H2,1H3. The zero-order chi connectivity index (χ0) is 13.8. The number of carbonyl (C=O) groups excluding carboxylic acids is 1. The second-order valence-corrected chi connectivity index (χ2v) is 6.03. The van der Waals surface area contributed by atoms with Crippen LogP contribution in [0.15, 0.2) is 0 Å². The van der Waals surface area contributed by atoms with E-state index in [1.54, 1.807) is 0 Å². The number of hydrogen-bond acceptors (Lipinski definition) is 2. The van der Waals surface area contributed by atoms with E-state index in [2.05, 4.69) is 6.92 Å². The molecule has 1 aliphatic rings. The van der Waals surface area contributed by atoms with E-state index in [4.69, 9.17) is 4.74 Å². The molecule has 0 aromatic rings. The highest BCUT2D eigenvalue weighted by Gasteiger charge is 2.18. The first-order valence-corrected chi connectivity index (χ1v) is 8.42. The second-order valence-electron chi connectivity index (χ2n) is 6.03. The van der Waals surface area contributed by atoms with Gasteiger partial charge in [-0.25, -0.2) is 0 Å². The summed E-state index contributed by atoms with van der Waals surface area (Å²) in [5, 5.41) is 0. The largest absolute Gasteiger partial charge is 0.381 e. The second kappa shape index (κ2) is 11.5. The van der Waals surface area contributed by atoms with Crippen LogP contribution in [-0.4, -0.2) is 19.0 Å². The molecule has 2 nitrogen and oxygen atoms in total. The number of unbranched alkanes of at least 4 members (excludes halogenated alkanes) is 7. The molecule has 0 spiro atoms. The summed E-state index contributed by atoms with van der Waals surface area (Å²) in [4.78, 5) is 11.1. The van der Waals surface area contributed by atoms with Gasteiger partial charge in [0.15, 0.2) is 0 Å². The molecule has 0 aliphatic heterocycles. The predicted octanol–water partition coefficient (Wildman–Crippen LogP) is 4.90. The summed E-state index contributed by atoms with van der Waals surface area (Å²) in [6.45, 7) is 4.06. The van der Waals surface area contributed by atoms with E-state index in [0.717, 1.165) is 38.9 Å². The molecule has 0 atom stereocenters. The molecule has 0 heterocycles. The minimum Gasteiger partial charge on any atom is -0.381 e. The van der Waals surface area contributed by atoms with Gasteiger partial charge in [0.25, 0.3) is 0 Å². The Bertz CT molecular complexity index is 215. The maximum absolute atomic E-state index is 11.1. The molecule has 1 rings (SSSR count). The van der Waals surface area contributed by atoms with E-state index in [-0.39, 0.29) is 0 Å². The smallest absolute Gasteiger partial charge is 0.132 e. The van der Waals surface area contributed by atoms with Gasteiger partial charge in [-0.2, -0.15) is 0 Å². The van der Waals surface area contributed by atoms with Crippen LogP contribution in [0.5, 0.6) is 0 Å². The van der Waals surface area contributed by atoms with Gasteiger partial charge >= 0.3 is 0 Å². The summed E-state index contributed by atoms with van der Waals surface area (Å²) in [7, 11) is 0. The zero-order valence-corrected chi connectivity index (χ0v) is 12.8. The van der Waals surface area contributed by atoms with Crippen molar-refractivity contribution in [2.45, 2.75) is 84.0 Å². The zero-order valence-electron chi connectivity index (χ0n) is 12.8. The number of Topliss-reactive ketones (excluding diaryl/α,β-unsaturated/α-hetero) is 1. The van der Waals surface area contributed by atoms with Crippen molar-refractivity contribution in [3.8, 4) is 0 Å². The Kier molecular flexibility index (Phi) is 10.1. The number of ketones is 1. The fraction of sp³-hybridized carbons (Fsp3) is 0.941. The van der Waals surface area contributed by atoms with Gasteiger partial charge in [-0.05, 0) is 25.2 Å². The van der Waals surface area contributed by atoms with Gasteiger partial charge in [-0.1, -0.05) is 51.9 Å². The van der Waals surface area contributed by atoms with E-state index in [9.17, 15) is 4.79 Å². The molecule has 0 aromatic carbocycles. The van der Waals surface area contributed by atoms with E-state index >= 15 is 0 Å². The first kappa shape index (κ1) is 16.7. The lowest BCUT2D eigenvalue weighted by atomic mass is 9.89. The van der Waals surface area contributed by atoms with Crippen LogP contribution in [0.25, 0.3) is 0 Å². The van der Waals surface area contributed by atoms with Crippen LogP contribution in [-0.2, 0) is 9.53 Å². The summed E-state index contributed by atoms with van der Waals surface area (Å²) in [5.41, 5.74) is 0. The van der Waals surface area contributed by atoms with Crippen molar-refractivity contribution in [2.75, 3.05) is 13.2 Å². The van der Waals surface area contributed by atoms with Gasteiger partial charge in [0, 0.05) is 26.1 Å². The van der Waals surface area contributed by atoms with E-state index in [1.165, 1.54) is 51.4 Å². The Morgan fingerprint density at radius 3 is 2.16 bits per heavy atom. The lowest BCUT2D eigenvalue weighted by Crippen LogP contribution is -2.18. The highest BCUT2D eigenvalue weighted by atomic mass is 16.5. The molecule has 0 aromatic heterocycles. The van der Waals surface area contributed by atoms with Crippen LogP contribution >= 0.6 is 0 Å². The molecule has 0 unspecified atom stereocenters. The third-order valence-corrected chi connectivity index (χ3v) is 4.16. The fourth-order valence-electron chi connectivity index (χ4n) is 2.75. The number of carbonyl (C=O) groups is 1. The summed E-state index contributed by atoms with van der Waals surface area (Å²) in [5.74, 6) is 1.09. The highest BCUT2D eigenvalue weighted by molar-refractivity contribution is 5.78. The maximum Gasteiger partial charge on any atom is 0.132 e. The Balaban J connectivity index is 1.77. The molecule has 1 aliphatic carbocycles. The minimum atomic E-state index is 0.444. The average molecular weight is 268 g/mol. The summed E-state index contributed by atoms with van der Waals surface area (Å²) in [6, 6.07) is 0. The minimum absolute atomic E-state index is 0.444. The number of hydrogen-bond donors (Lipinski definition) is 0. The van der Waals surface area contributed by atoms with Gasteiger partial charge < -0.3 is 4.74 Å². The molecular formula is C17H32O2. The first-order chi connectivity index (χ1) is 9.33. The van der Waals surface area contributed by atoms with E-state index in [1.807, 2.05) is 0 Å². The first-order valence-electron chi connectivity index (χ1n) is 8.42. The van der Waals surface area contributed by atoms with Crippen molar-refractivity contribution in [3.05, 3.63) is 0 Å². The van der Waals surface area contributed by atoms with E-state index in [0.29, 0.717) is 11.7 Å². The Morgan fingerprint density at radius 2 is 1.53 bits per heavy atom. The van der Waals surface area contributed by atoms with Crippen LogP contribution in [0, 0.1) is 5.92 Å². The highest BCUT2D eigenvalue weighted by Crippen LogP contribution is 2.21. The van der Waals surface area contributed by atoms with Crippen LogP contribution in [0.4, 0.5) is 0 Å². The van der Waals surface area contributed by atoms with E-state index < -0.39 is 0 Å². The molecule has 0 bridgehead atoms. The topological polar surface area (TPSA) is 26.3 Å². The van der Waals surface area contributed by atoms with Crippen molar-refractivity contribution >= 4 is 5.78 Å². The molecule has 2 heteroatoms. The van der Waals surface area contributed by atoms with Crippen molar-refractivity contribution in [3.63, 3.8) is 0 Å². The quantitative estimate of drug-likeness (QED) is 0.498. The van der Waals surface area contributed by atoms with Crippen LogP contribution in [0.2, 0.25) is 0 Å². The van der Waals surface area contributed by atoms with Crippen LogP contribution in [0.1, 0.15) is 84.0 Å². The summed E-state index contributed by atoms with van der Waals surface area (Å²) < 4.78 is 5.74. The summed E-state index contributed by atoms with van der Waals surface area (Å²) >= 11 is 0. The molecule has 1 fully saturated rings. The SMILES string of the molecule is CCCCCCCCCCOCC1CCC(=O)CC1. The molecule has 0 radical (unpaired) electrons.